The molecule has 3 aromatic rings. The highest BCUT2D eigenvalue weighted by molar-refractivity contribution is 6.00. The number of hydrogen-bond donors (Lipinski definition) is 2. The summed E-state index contributed by atoms with van der Waals surface area (Å²) < 4.78 is 21.5. The number of anilines is 1. The molecule has 1 aliphatic carbocycles. The SMILES string of the molecule is C=N/C1=C(\C=C(/C)F)CNc2nc3c(cnn3cc2-c2ccccc2)C(=O)N[C@H]2C[C@H](C2)O1. The van der Waals surface area contributed by atoms with Crippen molar-refractivity contribution in [3.63, 3.8) is 0 Å². The van der Waals surface area contributed by atoms with Crippen LogP contribution in [0.3, 0.4) is 0 Å². The maximum absolute atomic E-state index is 13.9. The van der Waals surface area contributed by atoms with Gasteiger partial charge in [0.05, 0.1) is 12.0 Å². The number of hydrogen-bond acceptors (Lipinski definition) is 6. The number of nitrogens with zero attached hydrogens (tertiary/aromatic N) is 4. The molecule has 2 N–H and O–H groups in total. The topological polar surface area (TPSA) is 92.9 Å². The number of halogens is 1. The molecule has 0 atom stereocenters. The Morgan fingerprint density at radius 1 is 1.30 bits per heavy atom. The van der Waals surface area contributed by atoms with Crippen LogP contribution in [0, 0.1) is 0 Å². The number of ether oxygens (including phenoxy) is 1. The third-order valence-electron chi connectivity index (χ3n) is 5.77. The number of amides is 1. The molecule has 2 aliphatic heterocycles. The molecule has 0 radical (unpaired) electrons. The summed E-state index contributed by atoms with van der Waals surface area (Å²) in [6.45, 7) is 5.17. The summed E-state index contributed by atoms with van der Waals surface area (Å²) in [4.78, 5) is 21.6. The van der Waals surface area contributed by atoms with Crippen LogP contribution in [0.5, 0.6) is 0 Å². The van der Waals surface area contributed by atoms with Gasteiger partial charge in [0.2, 0.25) is 5.88 Å². The average Bonchev–Trinajstić information content (AvgIpc) is 3.20. The van der Waals surface area contributed by atoms with Crippen LogP contribution in [-0.2, 0) is 4.74 Å². The third kappa shape index (κ3) is 4.09. The Balaban J connectivity index is 1.66. The van der Waals surface area contributed by atoms with Crippen LogP contribution in [-0.4, -0.2) is 45.9 Å². The number of rotatable bonds is 3. The zero-order chi connectivity index (χ0) is 22.9. The summed E-state index contributed by atoms with van der Waals surface area (Å²) in [6, 6.07) is 9.67. The van der Waals surface area contributed by atoms with Crippen molar-refractivity contribution < 1.29 is 13.9 Å². The highest BCUT2D eigenvalue weighted by atomic mass is 19.1. The first kappa shape index (κ1) is 20.9. The number of fused-ring (bicyclic) bond motifs is 4. The van der Waals surface area contributed by atoms with Gasteiger partial charge in [-0.3, -0.25) is 4.79 Å². The Kier molecular flexibility index (Phi) is 5.37. The van der Waals surface area contributed by atoms with E-state index >= 15 is 0 Å². The number of benzene rings is 1. The van der Waals surface area contributed by atoms with Crippen LogP contribution in [0.2, 0.25) is 0 Å². The summed E-state index contributed by atoms with van der Waals surface area (Å²) in [7, 11) is 0. The molecular weight excluding hydrogens is 423 g/mol. The number of nitrogens with one attached hydrogen (secondary N) is 2. The van der Waals surface area contributed by atoms with Crippen molar-refractivity contribution >= 4 is 24.1 Å². The first-order chi connectivity index (χ1) is 16.0. The van der Waals surface area contributed by atoms with Gasteiger partial charge in [-0.25, -0.2) is 18.9 Å². The number of aromatic nitrogens is 3. The van der Waals surface area contributed by atoms with E-state index in [0.29, 0.717) is 35.4 Å². The van der Waals surface area contributed by atoms with Gasteiger partial charge in [-0.05, 0) is 25.3 Å². The van der Waals surface area contributed by atoms with Gasteiger partial charge in [0.15, 0.2) is 5.65 Å². The second kappa shape index (κ2) is 8.50. The number of carbonyl (C=O) groups excluding carboxylic acids is 1. The van der Waals surface area contributed by atoms with Crippen molar-refractivity contribution in [1.82, 2.24) is 19.9 Å². The summed E-state index contributed by atoms with van der Waals surface area (Å²) in [5.74, 6) is 0.182. The average molecular weight is 446 g/mol. The minimum Gasteiger partial charge on any atom is -0.474 e. The molecule has 0 saturated heterocycles. The molecule has 33 heavy (non-hydrogen) atoms. The van der Waals surface area contributed by atoms with Crippen molar-refractivity contribution in [2.24, 2.45) is 4.99 Å². The van der Waals surface area contributed by atoms with E-state index in [1.807, 2.05) is 36.5 Å². The van der Waals surface area contributed by atoms with Crippen LogP contribution in [0.25, 0.3) is 16.8 Å². The number of aliphatic imine (C=N–C) groups is 1. The molecule has 1 aromatic carbocycles. The Bertz CT molecular complexity index is 1290. The van der Waals surface area contributed by atoms with Crippen LogP contribution >= 0.6 is 0 Å². The molecule has 3 aliphatic rings. The van der Waals surface area contributed by atoms with E-state index in [-0.39, 0.29) is 36.3 Å². The predicted octanol–water partition coefficient (Wildman–Crippen LogP) is 3.88. The highest BCUT2D eigenvalue weighted by Crippen LogP contribution is 2.31. The maximum atomic E-state index is 13.9. The first-order valence-electron chi connectivity index (χ1n) is 10.7. The van der Waals surface area contributed by atoms with Gasteiger partial charge < -0.3 is 15.4 Å². The number of carbonyl (C=O) groups is 1. The fraction of sp³-hybridized carbons (Fsp3) is 0.250. The molecule has 9 heteroatoms. The first-order valence-corrected chi connectivity index (χ1v) is 10.7. The van der Waals surface area contributed by atoms with Crippen molar-refractivity contribution in [2.45, 2.75) is 31.9 Å². The van der Waals surface area contributed by atoms with Crippen LogP contribution in [0.15, 0.2) is 71.1 Å². The van der Waals surface area contributed by atoms with Gasteiger partial charge in [0.25, 0.3) is 5.91 Å². The Hall–Kier alpha value is -4.01. The molecule has 0 spiro atoms. The van der Waals surface area contributed by atoms with Gasteiger partial charge in [-0.15, -0.1) is 0 Å². The van der Waals surface area contributed by atoms with Gasteiger partial charge >= 0.3 is 0 Å². The lowest BCUT2D eigenvalue weighted by Gasteiger charge is -2.36. The molecular formula is C24H23FN6O2. The largest absolute Gasteiger partial charge is 0.474 e. The fourth-order valence-corrected chi connectivity index (χ4v) is 4.06. The van der Waals surface area contributed by atoms with E-state index < -0.39 is 0 Å². The molecule has 4 heterocycles. The summed E-state index contributed by atoms with van der Waals surface area (Å²) in [6.07, 6.45) is 5.84. The van der Waals surface area contributed by atoms with E-state index in [4.69, 9.17) is 9.72 Å². The van der Waals surface area contributed by atoms with Crippen LogP contribution in [0.4, 0.5) is 10.2 Å². The normalized spacial score (nSPS) is 23.2. The van der Waals surface area contributed by atoms with Gasteiger partial charge in [-0.2, -0.15) is 5.10 Å². The van der Waals surface area contributed by atoms with Crippen LogP contribution < -0.4 is 10.6 Å². The van der Waals surface area contributed by atoms with E-state index in [9.17, 15) is 9.18 Å². The van der Waals surface area contributed by atoms with Crippen molar-refractivity contribution in [3.8, 4) is 11.1 Å². The fourth-order valence-electron chi connectivity index (χ4n) is 4.06. The lowest BCUT2D eigenvalue weighted by atomic mass is 9.89. The van der Waals surface area contributed by atoms with Gasteiger partial charge in [0, 0.05) is 42.8 Å². The van der Waals surface area contributed by atoms with E-state index in [1.165, 1.54) is 19.2 Å². The van der Waals surface area contributed by atoms with E-state index in [0.717, 1.165) is 11.1 Å². The van der Waals surface area contributed by atoms with E-state index in [2.05, 4.69) is 27.4 Å². The Morgan fingerprint density at radius 3 is 2.82 bits per heavy atom. The predicted molar refractivity (Wildman–Crippen MR) is 124 cm³/mol. The highest BCUT2D eigenvalue weighted by Gasteiger charge is 2.34. The second-order valence-electron chi connectivity index (χ2n) is 8.15. The Labute approximate surface area is 189 Å². The minimum absolute atomic E-state index is 0.0328. The molecule has 1 amide bonds. The smallest absolute Gasteiger partial charge is 0.256 e. The molecule has 168 valence electrons. The van der Waals surface area contributed by atoms with Crippen molar-refractivity contribution in [2.75, 3.05) is 11.9 Å². The zero-order valence-electron chi connectivity index (χ0n) is 18.1. The number of allylic oxidation sites excluding steroid dienone is 1. The summed E-state index contributed by atoms with van der Waals surface area (Å²) in [5, 5.41) is 10.6. The standard InChI is InChI=1S/C24H23FN6O2/c1-14(25)8-16-11-27-21-20(15-6-4-3-5-7-15)13-31-22(30-21)19(12-28-31)23(32)29-17-9-18(10-17)33-24(16)26-2/h3-8,12-13,17-18H,2,9-11H2,1H3,(H,27,30)(H,29,32)/b14-8+,24-16-/t17-,18+. The lowest BCUT2D eigenvalue weighted by molar-refractivity contribution is 0.0252. The quantitative estimate of drug-likeness (QED) is 0.596. The van der Waals surface area contributed by atoms with Crippen molar-refractivity contribution in [1.29, 1.82) is 0 Å². The molecule has 1 fully saturated rings. The van der Waals surface area contributed by atoms with Crippen LogP contribution in [0.1, 0.15) is 30.1 Å². The lowest BCUT2D eigenvalue weighted by Crippen LogP contribution is -2.47. The molecule has 4 bridgehead atoms. The van der Waals surface area contributed by atoms with Gasteiger partial charge in [0.1, 0.15) is 17.5 Å². The zero-order valence-corrected chi connectivity index (χ0v) is 18.1. The molecule has 1 saturated carbocycles. The maximum Gasteiger partial charge on any atom is 0.256 e. The second-order valence-corrected chi connectivity index (χ2v) is 8.15. The molecule has 6 rings (SSSR count). The molecule has 2 aromatic heterocycles. The minimum atomic E-state index is -0.374. The summed E-state index contributed by atoms with van der Waals surface area (Å²) >= 11 is 0. The molecule has 8 nitrogen and oxygen atoms in total. The van der Waals surface area contributed by atoms with E-state index in [1.54, 1.807) is 4.52 Å². The third-order valence-corrected chi connectivity index (χ3v) is 5.77. The monoisotopic (exact) mass is 446 g/mol. The summed E-state index contributed by atoms with van der Waals surface area (Å²) in [5.41, 5.74) is 3.04. The molecule has 0 unspecified atom stereocenters. The van der Waals surface area contributed by atoms with Gasteiger partial charge in [-0.1, -0.05) is 30.3 Å². The Morgan fingerprint density at radius 2 is 2.09 bits per heavy atom. The van der Waals surface area contributed by atoms with Crippen molar-refractivity contribution in [3.05, 3.63) is 71.6 Å².